The van der Waals surface area contributed by atoms with Gasteiger partial charge in [-0.25, -0.2) is 18.1 Å². The molecule has 0 saturated heterocycles. The number of rotatable bonds is 7. The molecule has 0 aliphatic heterocycles. The molecule has 7 nitrogen and oxygen atoms in total. The van der Waals surface area contributed by atoms with Crippen molar-refractivity contribution in [3.8, 4) is 22.9 Å². The Hall–Kier alpha value is -2.49. The quantitative estimate of drug-likeness (QED) is 0.666. The van der Waals surface area contributed by atoms with Crippen molar-refractivity contribution in [1.29, 1.82) is 0 Å². The van der Waals surface area contributed by atoms with Crippen molar-refractivity contribution in [2.24, 2.45) is 0 Å². The molecule has 3 rings (SSSR count). The van der Waals surface area contributed by atoms with Gasteiger partial charge in [0.1, 0.15) is 21.4 Å². The molecule has 136 valence electrons. The van der Waals surface area contributed by atoms with Gasteiger partial charge in [-0.2, -0.15) is 0 Å². The fraction of sp³-hybridized carbons (Fsp3) is 0.176. The van der Waals surface area contributed by atoms with Gasteiger partial charge in [-0.3, -0.25) is 4.98 Å². The molecule has 0 fully saturated rings. The van der Waals surface area contributed by atoms with E-state index in [1.165, 1.54) is 37.7 Å². The molecule has 0 atom stereocenters. The van der Waals surface area contributed by atoms with Gasteiger partial charge in [0, 0.05) is 17.6 Å². The molecule has 2 aromatic heterocycles. The van der Waals surface area contributed by atoms with Crippen LogP contribution in [-0.2, 0) is 16.6 Å². The maximum Gasteiger partial charge on any atom is 0.244 e. The zero-order valence-electron chi connectivity index (χ0n) is 14.2. The van der Waals surface area contributed by atoms with Crippen LogP contribution in [0, 0.1) is 0 Å². The third kappa shape index (κ3) is 4.01. The summed E-state index contributed by atoms with van der Waals surface area (Å²) in [5, 5.41) is 2.49. The summed E-state index contributed by atoms with van der Waals surface area (Å²) in [5.41, 5.74) is 1.46. The molecule has 2 heterocycles. The van der Waals surface area contributed by atoms with Crippen molar-refractivity contribution in [1.82, 2.24) is 14.7 Å². The van der Waals surface area contributed by atoms with E-state index in [-0.39, 0.29) is 17.2 Å². The molecule has 0 aliphatic rings. The molecule has 3 aromatic rings. The molecular weight excluding hydrogens is 374 g/mol. The molecule has 0 amide bonds. The highest BCUT2D eigenvalue weighted by Crippen LogP contribution is 2.28. The van der Waals surface area contributed by atoms with Crippen molar-refractivity contribution >= 4 is 21.4 Å². The highest BCUT2D eigenvalue weighted by molar-refractivity contribution is 7.89. The van der Waals surface area contributed by atoms with Crippen LogP contribution in [0.15, 0.2) is 52.9 Å². The van der Waals surface area contributed by atoms with Gasteiger partial charge < -0.3 is 9.47 Å². The minimum absolute atomic E-state index is 0.0438. The van der Waals surface area contributed by atoms with Gasteiger partial charge >= 0.3 is 0 Å². The third-order valence-electron chi connectivity index (χ3n) is 3.55. The maximum atomic E-state index is 12.6. The minimum Gasteiger partial charge on any atom is -0.497 e. The van der Waals surface area contributed by atoms with E-state index in [1.54, 1.807) is 12.3 Å². The molecule has 0 bridgehead atoms. The van der Waals surface area contributed by atoms with Gasteiger partial charge in [0.25, 0.3) is 0 Å². The summed E-state index contributed by atoms with van der Waals surface area (Å²) >= 11 is 1.37. The molecule has 0 spiro atoms. The zero-order chi connectivity index (χ0) is 18.6. The van der Waals surface area contributed by atoms with Gasteiger partial charge in [-0.05, 0) is 24.3 Å². The summed E-state index contributed by atoms with van der Waals surface area (Å²) in [7, 11) is -0.848. The topological polar surface area (TPSA) is 90.4 Å². The highest BCUT2D eigenvalue weighted by atomic mass is 32.2. The van der Waals surface area contributed by atoms with E-state index in [2.05, 4.69) is 14.7 Å². The van der Waals surface area contributed by atoms with Crippen LogP contribution in [-0.4, -0.2) is 32.6 Å². The molecule has 0 unspecified atom stereocenters. The molecule has 0 radical (unpaired) electrons. The monoisotopic (exact) mass is 391 g/mol. The Bertz CT molecular complexity index is 988. The average Bonchev–Trinajstić information content (AvgIpc) is 3.16. The van der Waals surface area contributed by atoms with Crippen molar-refractivity contribution in [2.45, 2.75) is 11.4 Å². The Kier molecular flexibility index (Phi) is 5.50. The van der Waals surface area contributed by atoms with Crippen LogP contribution >= 0.6 is 11.3 Å². The number of hydrogen-bond donors (Lipinski definition) is 1. The van der Waals surface area contributed by atoms with Gasteiger partial charge in [0.15, 0.2) is 0 Å². The van der Waals surface area contributed by atoms with Crippen LogP contribution in [0.3, 0.4) is 0 Å². The second-order valence-corrected chi connectivity index (χ2v) is 7.86. The van der Waals surface area contributed by atoms with Crippen LogP contribution in [0.4, 0.5) is 0 Å². The predicted molar refractivity (Wildman–Crippen MR) is 98.9 cm³/mol. The number of aromatic nitrogens is 2. The van der Waals surface area contributed by atoms with Crippen LogP contribution in [0.25, 0.3) is 11.4 Å². The Morgan fingerprint density at radius 3 is 2.65 bits per heavy atom. The minimum atomic E-state index is -3.76. The summed E-state index contributed by atoms with van der Waals surface area (Å²) in [6, 6.07) is 10.1. The Balaban J connectivity index is 1.76. The van der Waals surface area contributed by atoms with Crippen molar-refractivity contribution < 1.29 is 17.9 Å². The number of nitrogens with one attached hydrogen (secondary N) is 1. The largest absolute Gasteiger partial charge is 0.497 e. The molecular formula is C17H17N3O4S2. The molecule has 9 heteroatoms. The first kappa shape index (κ1) is 18.3. The van der Waals surface area contributed by atoms with E-state index in [9.17, 15) is 8.42 Å². The van der Waals surface area contributed by atoms with E-state index in [4.69, 9.17) is 9.47 Å². The highest BCUT2D eigenvalue weighted by Gasteiger charge is 2.20. The first-order valence-electron chi connectivity index (χ1n) is 7.61. The number of nitrogens with zero attached hydrogens (tertiary/aromatic N) is 2. The van der Waals surface area contributed by atoms with Gasteiger partial charge in [0.2, 0.25) is 10.0 Å². The van der Waals surface area contributed by atoms with E-state index in [1.807, 2.05) is 23.6 Å². The van der Waals surface area contributed by atoms with Crippen LogP contribution in [0.5, 0.6) is 11.5 Å². The summed E-state index contributed by atoms with van der Waals surface area (Å²) in [6.45, 7) is 0.0784. The molecule has 26 heavy (non-hydrogen) atoms. The lowest BCUT2D eigenvalue weighted by atomic mass is 10.3. The first-order chi connectivity index (χ1) is 12.5. The molecule has 0 saturated carbocycles. The molecule has 0 aliphatic carbocycles. The van der Waals surface area contributed by atoms with Crippen LogP contribution < -0.4 is 14.2 Å². The first-order valence-corrected chi connectivity index (χ1v) is 9.97. The summed E-state index contributed by atoms with van der Waals surface area (Å²) in [5.74, 6) is 0.728. The fourth-order valence-electron chi connectivity index (χ4n) is 2.26. The van der Waals surface area contributed by atoms with Crippen molar-refractivity contribution in [3.05, 3.63) is 53.0 Å². The molecule has 1 aromatic carbocycles. The maximum absolute atomic E-state index is 12.6. The lowest BCUT2D eigenvalue weighted by Gasteiger charge is -2.11. The van der Waals surface area contributed by atoms with Crippen molar-refractivity contribution in [3.63, 3.8) is 0 Å². The predicted octanol–water partition coefficient (Wildman–Crippen LogP) is 2.70. The smallest absolute Gasteiger partial charge is 0.244 e. The summed E-state index contributed by atoms with van der Waals surface area (Å²) in [6.07, 6.45) is 1.69. The van der Waals surface area contributed by atoms with E-state index in [0.717, 1.165) is 5.69 Å². The van der Waals surface area contributed by atoms with Gasteiger partial charge in [-0.1, -0.05) is 6.07 Å². The Labute approximate surface area is 155 Å². The van der Waals surface area contributed by atoms with Gasteiger partial charge in [0.05, 0.1) is 32.2 Å². The average molecular weight is 391 g/mol. The number of sulfonamides is 1. The number of pyridine rings is 1. The third-order valence-corrected chi connectivity index (χ3v) is 5.84. The lowest BCUT2D eigenvalue weighted by Crippen LogP contribution is -2.23. The number of ether oxygens (including phenoxy) is 2. The number of thiazole rings is 1. The van der Waals surface area contributed by atoms with Crippen LogP contribution in [0.1, 0.15) is 5.01 Å². The summed E-state index contributed by atoms with van der Waals surface area (Å²) in [4.78, 5) is 8.70. The second kappa shape index (κ2) is 7.81. The Morgan fingerprint density at radius 2 is 1.96 bits per heavy atom. The number of methoxy groups -OCH3 is 2. The normalized spacial score (nSPS) is 11.3. The molecule has 1 N–H and O–H groups in total. The fourth-order valence-corrected chi connectivity index (χ4v) is 4.21. The number of benzene rings is 1. The lowest BCUT2D eigenvalue weighted by molar-refractivity contribution is 0.386. The summed E-state index contributed by atoms with van der Waals surface area (Å²) < 4.78 is 38.0. The van der Waals surface area contributed by atoms with Crippen molar-refractivity contribution in [2.75, 3.05) is 14.2 Å². The Morgan fingerprint density at radius 1 is 1.12 bits per heavy atom. The van der Waals surface area contributed by atoms with Gasteiger partial charge in [-0.15, -0.1) is 11.3 Å². The van der Waals surface area contributed by atoms with E-state index >= 15 is 0 Å². The number of hydrogen-bond acceptors (Lipinski definition) is 7. The van der Waals surface area contributed by atoms with E-state index < -0.39 is 10.0 Å². The standard InChI is InChI=1S/C17H17N3O4S2/c1-23-12-6-7-16(15(9-12)24-2)26(21,22)19-10-17-20-14(11-25-17)13-5-3-4-8-18-13/h3-9,11,19H,10H2,1-2H3. The SMILES string of the molecule is COc1ccc(S(=O)(=O)NCc2nc(-c3ccccn3)cs2)c(OC)c1. The second-order valence-electron chi connectivity index (χ2n) is 5.18. The van der Waals surface area contributed by atoms with Crippen LogP contribution in [0.2, 0.25) is 0 Å². The van der Waals surface area contributed by atoms with E-state index in [0.29, 0.717) is 16.5 Å². The zero-order valence-corrected chi connectivity index (χ0v) is 15.8.